The van der Waals surface area contributed by atoms with Crippen LogP contribution >= 0.6 is 0 Å². The van der Waals surface area contributed by atoms with Gasteiger partial charge in [-0.25, -0.2) is 4.39 Å². The van der Waals surface area contributed by atoms with E-state index in [-0.39, 0.29) is 34.1 Å². The summed E-state index contributed by atoms with van der Waals surface area (Å²) in [5, 5.41) is 0.142. The molecule has 0 spiro atoms. The number of nitrogens with zero attached hydrogens (tertiary/aromatic N) is 1. The number of nitrogens with one attached hydrogen (secondary N) is 1. The minimum absolute atomic E-state index is 0.0828. The highest BCUT2D eigenvalue weighted by molar-refractivity contribution is 6.03. The average molecular weight is 399 g/mol. The third-order valence-corrected chi connectivity index (χ3v) is 5.60. The number of hydrogen-bond acceptors (Lipinski definition) is 4. The molecule has 0 bridgehead atoms. The minimum Gasteiger partial charge on any atom is -0.493 e. The predicted molar refractivity (Wildman–Crippen MR) is 103 cm³/mol. The van der Waals surface area contributed by atoms with E-state index in [1.165, 1.54) is 25.4 Å². The first-order chi connectivity index (χ1) is 13.9. The number of aromatic amines is 1. The van der Waals surface area contributed by atoms with Crippen molar-refractivity contribution in [3.05, 3.63) is 69.3 Å². The number of amides is 1. The zero-order chi connectivity index (χ0) is 20.7. The summed E-state index contributed by atoms with van der Waals surface area (Å²) in [5.74, 6) is -3.13. The van der Waals surface area contributed by atoms with Gasteiger partial charge in [-0.3, -0.25) is 14.6 Å². The number of fused-ring (bicyclic) bond motifs is 1. The van der Waals surface area contributed by atoms with E-state index in [0.717, 1.165) is 25.3 Å². The average Bonchev–Trinajstić information content (AvgIpc) is 3.18. The molecule has 0 saturated heterocycles. The third kappa shape index (κ3) is 3.14. The number of carbonyl (C=O) groups is 1. The van der Waals surface area contributed by atoms with Crippen LogP contribution in [-0.2, 0) is 0 Å². The number of carbonyl (C=O) groups excluding carboxylic acids is 1. The van der Waals surface area contributed by atoms with Crippen molar-refractivity contribution in [3.8, 4) is 5.75 Å². The summed E-state index contributed by atoms with van der Waals surface area (Å²) in [6.45, 7) is 0. The Hall–Kier alpha value is -3.29. The number of nitrogens with two attached hydrogens (primary N) is 1. The quantitative estimate of drug-likeness (QED) is 0.703. The number of halogens is 2. The Bertz CT molecular complexity index is 1180. The van der Waals surface area contributed by atoms with Gasteiger partial charge >= 0.3 is 0 Å². The van der Waals surface area contributed by atoms with E-state index < -0.39 is 17.5 Å². The topological polar surface area (TPSA) is 98.1 Å². The van der Waals surface area contributed by atoms with Crippen LogP contribution in [0.1, 0.15) is 52.8 Å². The molecule has 0 radical (unpaired) electrons. The summed E-state index contributed by atoms with van der Waals surface area (Å²) in [5.41, 5.74) is 6.58. The van der Waals surface area contributed by atoms with Gasteiger partial charge in [0.25, 0.3) is 5.91 Å². The number of methoxy groups -OCH3 is 1. The molecule has 29 heavy (non-hydrogen) atoms. The molecule has 8 heteroatoms. The molecule has 6 nitrogen and oxygen atoms in total. The first-order valence-corrected chi connectivity index (χ1v) is 9.26. The van der Waals surface area contributed by atoms with Crippen LogP contribution < -0.4 is 15.9 Å². The Morgan fingerprint density at radius 1 is 1.24 bits per heavy atom. The molecule has 1 fully saturated rings. The van der Waals surface area contributed by atoms with Crippen molar-refractivity contribution in [2.24, 2.45) is 5.73 Å². The van der Waals surface area contributed by atoms with Gasteiger partial charge in [0.05, 0.1) is 18.0 Å². The van der Waals surface area contributed by atoms with Crippen LogP contribution in [0.2, 0.25) is 0 Å². The van der Waals surface area contributed by atoms with Crippen molar-refractivity contribution < 1.29 is 18.3 Å². The highest BCUT2D eigenvalue weighted by Crippen LogP contribution is 2.48. The molecular weight excluding hydrogens is 380 g/mol. The summed E-state index contributed by atoms with van der Waals surface area (Å²) in [6.07, 6.45) is 3.78. The standard InChI is InChI=1S/C21H19F2N3O3/c1-29-20-12(5-6-13(22)18(20)23)10-3-2-4-11(10)15-9-16(27)17-14(26-15)7-8-25-19(17)21(24)28/h5-11H,2-4H2,1H3,(H2,24,28)(H,26,27)/t10-,11+/m0/s1. The van der Waals surface area contributed by atoms with Crippen molar-refractivity contribution in [3.63, 3.8) is 0 Å². The SMILES string of the molecule is COc1c([C@H]2CCC[C@H]2c2cc(=O)c3c(C(N)=O)nccc3[nH]2)ccc(F)c1F. The lowest BCUT2D eigenvalue weighted by Crippen LogP contribution is -2.19. The van der Waals surface area contributed by atoms with Gasteiger partial charge in [0.1, 0.15) is 5.69 Å². The van der Waals surface area contributed by atoms with Crippen LogP contribution in [0, 0.1) is 11.6 Å². The van der Waals surface area contributed by atoms with Gasteiger partial charge in [0.2, 0.25) is 5.82 Å². The normalized spacial score (nSPS) is 18.9. The zero-order valence-electron chi connectivity index (χ0n) is 15.7. The number of rotatable bonds is 4. The fourth-order valence-electron chi connectivity index (χ4n) is 4.36. The summed E-state index contributed by atoms with van der Waals surface area (Å²) in [4.78, 5) is 31.5. The lowest BCUT2D eigenvalue weighted by atomic mass is 9.85. The van der Waals surface area contributed by atoms with E-state index in [1.807, 2.05) is 0 Å². The number of benzene rings is 1. The molecule has 2 atom stereocenters. The van der Waals surface area contributed by atoms with Crippen LogP contribution in [0.25, 0.3) is 10.9 Å². The van der Waals surface area contributed by atoms with Crippen LogP contribution in [-0.4, -0.2) is 23.0 Å². The lowest BCUT2D eigenvalue weighted by molar-refractivity contribution is 0.0997. The fraction of sp³-hybridized carbons (Fsp3) is 0.286. The molecule has 2 heterocycles. The van der Waals surface area contributed by atoms with E-state index in [9.17, 15) is 18.4 Å². The molecule has 1 aliphatic rings. The van der Waals surface area contributed by atoms with Crippen LogP contribution in [0.3, 0.4) is 0 Å². The van der Waals surface area contributed by atoms with E-state index in [0.29, 0.717) is 16.8 Å². The van der Waals surface area contributed by atoms with Crippen molar-refractivity contribution in [2.75, 3.05) is 7.11 Å². The Morgan fingerprint density at radius 2 is 2.00 bits per heavy atom. The van der Waals surface area contributed by atoms with Crippen LogP contribution in [0.4, 0.5) is 8.78 Å². The van der Waals surface area contributed by atoms with Crippen molar-refractivity contribution in [2.45, 2.75) is 31.1 Å². The second-order valence-electron chi connectivity index (χ2n) is 7.16. The summed E-state index contributed by atoms with van der Waals surface area (Å²) < 4.78 is 33.0. The van der Waals surface area contributed by atoms with Crippen LogP contribution in [0.15, 0.2) is 35.3 Å². The highest BCUT2D eigenvalue weighted by Gasteiger charge is 2.34. The van der Waals surface area contributed by atoms with Crippen molar-refractivity contribution in [1.82, 2.24) is 9.97 Å². The van der Waals surface area contributed by atoms with Gasteiger partial charge in [-0.1, -0.05) is 12.5 Å². The zero-order valence-corrected chi connectivity index (χ0v) is 15.7. The highest BCUT2D eigenvalue weighted by atomic mass is 19.2. The molecule has 150 valence electrons. The largest absolute Gasteiger partial charge is 0.493 e. The molecule has 1 saturated carbocycles. The second kappa shape index (κ2) is 7.27. The number of pyridine rings is 2. The van der Waals surface area contributed by atoms with Gasteiger partial charge in [0, 0.05) is 29.4 Å². The monoisotopic (exact) mass is 399 g/mol. The number of ether oxygens (including phenoxy) is 1. The second-order valence-corrected chi connectivity index (χ2v) is 7.16. The van der Waals surface area contributed by atoms with E-state index in [4.69, 9.17) is 10.5 Å². The first-order valence-electron chi connectivity index (χ1n) is 9.26. The maximum absolute atomic E-state index is 14.2. The third-order valence-electron chi connectivity index (χ3n) is 5.60. The lowest BCUT2D eigenvalue weighted by Gasteiger charge is -2.23. The predicted octanol–water partition coefficient (Wildman–Crippen LogP) is 3.36. The van der Waals surface area contributed by atoms with E-state index in [2.05, 4.69) is 9.97 Å². The van der Waals surface area contributed by atoms with Crippen molar-refractivity contribution >= 4 is 16.8 Å². The van der Waals surface area contributed by atoms with E-state index >= 15 is 0 Å². The van der Waals surface area contributed by atoms with Gasteiger partial charge in [-0.15, -0.1) is 0 Å². The molecule has 1 aromatic carbocycles. The number of hydrogen-bond donors (Lipinski definition) is 2. The maximum atomic E-state index is 14.2. The van der Waals surface area contributed by atoms with Crippen LogP contribution in [0.5, 0.6) is 5.75 Å². The molecule has 0 unspecified atom stereocenters. The smallest absolute Gasteiger partial charge is 0.268 e. The summed E-state index contributed by atoms with van der Waals surface area (Å²) in [7, 11) is 1.31. The van der Waals surface area contributed by atoms with Gasteiger partial charge in [0.15, 0.2) is 17.0 Å². The number of aromatic nitrogens is 2. The van der Waals surface area contributed by atoms with Gasteiger partial charge in [-0.2, -0.15) is 4.39 Å². The van der Waals surface area contributed by atoms with E-state index in [1.54, 1.807) is 6.07 Å². The Morgan fingerprint density at radius 3 is 2.72 bits per heavy atom. The number of H-pyrrole nitrogens is 1. The molecule has 2 aromatic heterocycles. The number of primary amides is 1. The van der Waals surface area contributed by atoms with Gasteiger partial charge < -0.3 is 15.5 Å². The molecule has 1 amide bonds. The van der Waals surface area contributed by atoms with Gasteiger partial charge in [-0.05, 0) is 30.9 Å². The maximum Gasteiger partial charge on any atom is 0.268 e. The molecule has 3 N–H and O–H groups in total. The molecular formula is C21H19F2N3O3. The molecule has 0 aliphatic heterocycles. The first kappa shape index (κ1) is 19.0. The Kier molecular flexibility index (Phi) is 4.77. The Labute approximate surface area is 164 Å². The Balaban J connectivity index is 1.83. The molecule has 1 aliphatic carbocycles. The fourth-order valence-corrected chi connectivity index (χ4v) is 4.36. The summed E-state index contributed by atoms with van der Waals surface area (Å²) >= 11 is 0. The van der Waals surface area contributed by atoms with Crippen molar-refractivity contribution in [1.29, 1.82) is 0 Å². The minimum atomic E-state index is -1.01. The molecule has 3 aromatic rings. The molecule has 4 rings (SSSR count). The summed E-state index contributed by atoms with van der Waals surface area (Å²) in [6, 6.07) is 5.67.